The second-order valence-corrected chi connectivity index (χ2v) is 6.53. The number of rotatable bonds is 1. The van der Waals surface area contributed by atoms with E-state index in [1.807, 2.05) is 18.2 Å². The summed E-state index contributed by atoms with van der Waals surface area (Å²) in [6.07, 6.45) is -2.01. The summed E-state index contributed by atoms with van der Waals surface area (Å²) in [5, 5.41) is 0.800. The molecule has 0 spiro atoms. The summed E-state index contributed by atoms with van der Waals surface area (Å²) in [6, 6.07) is 10.2. The number of allylic oxidation sites excluding steroid dienone is 1. The van der Waals surface area contributed by atoms with E-state index >= 15 is 0 Å². The molecule has 2 aromatic carbocycles. The van der Waals surface area contributed by atoms with Crippen molar-refractivity contribution in [3.05, 3.63) is 74.8 Å². The first-order chi connectivity index (χ1) is 12.3. The number of nitrogens with zero attached hydrogens (tertiary/aromatic N) is 2. The van der Waals surface area contributed by atoms with E-state index in [4.69, 9.17) is 11.6 Å². The fraction of sp³-hybridized carbons (Fsp3) is 0.158. The van der Waals surface area contributed by atoms with E-state index in [2.05, 4.69) is 4.98 Å². The van der Waals surface area contributed by atoms with E-state index in [0.29, 0.717) is 23.8 Å². The second kappa shape index (κ2) is 5.99. The molecule has 0 fully saturated rings. The zero-order valence-electron chi connectivity index (χ0n) is 13.3. The van der Waals surface area contributed by atoms with Gasteiger partial charge in [-0.05, 0) is 54.0 Å². The number of benzene rings is 2. The van der Waals surface area contributed by atoms with Gasteiger partial charge in [-0.1, -0.05) is 23.7 Å². The Morgan fingerprint density at radius 3 is 2.54 bits per heavy atom. The Bertz CT molecular complexity index is 1100. The highest BCUT2D eigenvalue weighted by Gasteiger charge is 2.31. The summed E-state index contributed by atoms with van der Waals surface area (Å²) in [4.78, 5) is 17.0. The summed E-state index contributed by atoms with van der Waals surface area (Å²) < 4.78 is 40.4. The fourth-order valence-electron chi connectivity index (χ4n) is 3.09. The highest BCUT2D eigenvalue weighted by molar-refractivity contribution is 6.30. The van der Waals surface area contributed by atoms with Crippen molar-refractivity contribution >= 4 is 34.2 Å². The molecule has 0 radical (unpaired) electrons. The molecule has 0 saturated carbocycles. The van der Waals surface area contributed by atoms with E-state index in [0.717, 1.165) is 23.3 Å². The van der Waals surface area contributed by atoms with Crippen LogP contribution in [0.2, 0.25) is 5.02 Å². The molecular formula is C19H12ClF3N2O. The molecule has 3 aromatic rings. The average Bonchev–Trinajstić information content (AvgIpc) is 2.99. The van der Waals surface area contributed by atoms with Crippen LogP contribution in [0.25, 0.3) is 22.6 Å². The lowest BCUT2D eigenvalue weighted by atomic mass is 10.1. The van der Waals surface area contributed by atoms with Gasteiger partial charge >= 0.3 is 6.18 Å². The van der Waals surface area contributed by atoms with Gasteiger partial charge in [0.1, 0.15) is 5.82 Å². The van der Waals surface area contributed by atoms with Crippen LogP contribution in [-0.2, 0) is 12.7 Å². The average molecular weight is 377 g/mol. The maximum absolute atomic E-state index is 13.0. The van der Waals surface area contributed by atoms with Gasteiger partial charge in [0.25, 0.3) is 5.56 Å². The molecular weight excluding hydrogens is 365 g/mol. The van der Waals surface area contributed by atoms with Crippen molar-refractivity contribution in [2.75, 3.05) is 0 Å². The fourth-order valence-corrected chi connectivity index (χ4v) is 3.22. The molecule has 1 aromatic heterocycles. The molecule has 26 heavy (non-hydrogen) atoms. The number of alkyl halides is 3. The topological polar surface area (TPSA) is 34.9 Å². The van der Waals surface area contributed by atoms with E-state index in [-0.39, 0.29) is 16.5 Å². The number of halogens is 4. The maximum Gasteiger partial charge on any atom is 0.416 e. The lowest BCUT2D eigenvalue weighted by Crippen LogP contribution is -2.21. The minimum atomic E-state index is -4.48. The van der Waals surface area contributed by atoms with Crippen LogP contribution in [0.1, 0.15) is 23.4 Å². The van der Waals surface area contributed by atoms with Crippen LogP contribution in [0.15, 0.2) is 47.3 Å². The molecule has 0 amide bonds. The third kappa shape index (κ3) is 2.90. The molecule has 132 valence electrons. The van der Waals surface area contributed by atoms with Crippen molar-refractivity contribution in [3.8, 4) is 0 Å². The van der Waals surface area contributed by atoms with Gasteiger partial charge < -0.3 is 0 Å². The maximum atomic E-state index is 13.0. The zero-order valence-corrected chi connectivity index (χ0v) is 14.1. The minimum absolute atomic E-state index is 0.0555. The number of aromatic nitrogens is 2. The molecule has 0 atom stereocenters. The summed E-state index contributed by atoms with van der Waals surface area (Å²) in [5.41, 5.74) is 0.612. The predicted octanol–water partition coefficient (Wildman–Crippen LogP) is 5.01. The Hall–Kier alpha value is -2.60. The van der Waals surface area contributed by atoms with Crippen LogP contribution < -0.4 is 5.56 Å². The molecule has 2 heterocycles. The van der Waals surface area contributed by atoms with E-state index in [9.17, 15) is 18.0 Å². The quantitative estimate of drug-likeness (QED) is 0.598. The van der Waals surface area contributed by atoms with Gasteiger partial charge in [-0.3, -0.25) is 9.36 Å². The Morgan fingerprint density at radius 1 is 1.12 bits per heavy atom. The van der Waals surface area contributed by atoms with Crippen molar-refractivity contribution in [2.45, 2.75) is 19.1 Å². The Balaban J connectivity index is 1.87. The number of hydrogen-bond acceptors (Lipinski definition) is 2. The van der Waals surface area contributed by atoms with Crippen molar-refractivity contribution in [1.29, 1.82) is 0 Å². The van der Waals surface area contributed by atoms with Crippen LogP contribution >= 0.6 is 11.6 Å². The molecule has 1 aliphatic rings. The molecule has 0 aliphatic carbocycles. The normalized spacial score (nSPS) is 15.6. The molecule has 4 rings (SSSR count). The molecule has 0 unspecified atom stereocenters. The van der Waals surface area contributed by atoms with Crippen molar-refractivity contribution in [2.24, 2.45) is 0 Å². The summed E-state index contributed by atoms with van der Waals surface area (Å²) in [7, 11) is 0. The number of hydrogen-bond donors (Lipinski definition) is 0. The lowest BCUT2D eigenvalue weighted by Gasteiger charge is -2.09. The second-order valence-electron chi connectivity index (χ2n) is 6.09. The van der Waals surface area contributed by atoms with Crippen LogP contribution in [0.4, 0.5) is 13.2 Å². The zero-order chi connectivity index (χ0) is 18.5. The standard InChI is InChI=1S/C19H12ClF3N2O/c20-14-4-1-11(2-5-14)9-12-7-8-25-17(12)24-16-10-13(19(21,22)23)3-6-15(16)18(25)26/h1-6,9-10H,7-8H2/b12-9-. The van der Waals surface area contributed by atoms with Gasteiger partial charge in [0, 0.05) is 11.6 Å². The SMILES string of the molecule is O=c1c2ccc(C(F)(F)F)cc2nc2n1CC/C2=C/c1ccc(Cl)cc1. The third-order valence-corrected chi connectivity index (χ3v) is 4.64. The Morgan fingerprint density at radius 2 is 1.85 bits per heavy atom. The van der Waals surface area contributed by atoms with Crippen LogP contribution in [-0.4, -0.2) is 9.55 Å². The summed E-state index contributed by atoms with van der Waals surface area (Å²) >= 11 is 5.88. The molecule has 7 heteroatoms. The molecule has 1 aliphatic heterocycles. The van der Waals surface area contributed by atoms with Gasteiger partial charge in [0.2, 0.25) is 0 Å². The summed E-state index contributed by atoms with van der Waals surface area (Å²) in [6.45, 7) is 0.456. The van der Waals surface area contributed by atoms with Crippen molar-refractivity contribution in [1.82, 2.24) is 9.55 Å². The number of fused-ring (bicyclic) bond motifs is 2. The largest absolute Gasteiger partial charge is 0.416 e. The Labute approximate surface area is 151 Å². The first-order valence-corrected chi connectivity index (χ1v) is 8.29. The van der Waals surface area contributed by atoms with Crippen LogP contribution in [0.5, 0.6) is 0 Å². The van der Waals surface area contributed by atoms with Gasteiger partial charge in [0.15, 0.2) is 0 Å². The minimum Gasteiger partial charge on any atom is -0.292 e. The lowest BCUT2D eigenvalue weighted by molar-refractivity contribution is -0.137. The van der Waals surface area contributed by atoms with E-state index in [1.165, 1.54) is 10.6 Å². The monoisotopic (exact) mass is 376 g/mol. The highest BCUT2D eigenvalue weighted by atomic mass is 35.5. The predicted molar refractivity (Wildman–Crippen MR) is 94.9 cm³/mol. The van der Waals surface area contributed by atoms with Gasteiger partial charge in [0.05, 0.1) is 16.5 Å². The highest BCUT2D eigenvalue weighted by Crippen LogP contribution is 2.32. The van der Waals surface area contributed by atoms with Gasteiger partial charge in [-0.2, -0.15) is 13.2 Å². The van der Waals surface area contributed by atoms with Crippen LogP contribution in [0.3, 0.4) is 0 Å². The summed E-state index contributed by atoms with van der Waals surface area (Å²) in [5.74, 6) is 0.414. The van der Waals surface area contributed by atoms with Gasteiger partial charge in [-0.25, -0.2) is 4.98 Å². The van der Waals surface area contributed by atoms with E-state index in [1.54, 1.807) is 12.1 Å². The van der Waals surface area contributed by atoms with Crippen molar-refractivity contribution < 1.29 is 13.2 Å². The first kappa shape index (κ1) is 16.8. The molecule has 3 nitrogen and oxygen atoms in total. The van der Waals surface area contributed by atoms with E-state index < -0.39 is 11.7 Å². The van der Waals surface area contributed by atoms with Crippen molar-refractivity contribution in [3.63, 3.8) is 0 Å². The first-order valence-electron chi connectivity index (χ1n) is 7.91. The molecule has 0 bridgehead atoms. The van der Waals surface area contributed by atoms with Crippen LogP contribution in [0, 0.1) is 0 Å². The molecule has 0 N–H and O–H groups in total. The Kier molecular flexibility index (Phi) is 3.88. The third-order valence-electron chi connectivity index (χ3n) is 4.39. The van der Waals surface area contributed by atoms with Gasteiger partial charge in [-0.15, -0.1) is 0 Å². The molecule has 0 saturated heterocycles. The smallest absolute Gasteiger partial charge is 0.292 e.